The summed E-state index contributed by atoms with van der Waals surface area (Å²) in [5.41, 5.74) is 1.54. The van der Waals surface area contributed by atoms with Gasteiger partial charge in [0.25, 0.3) is 0 Å². The van der Waals surface area contributed by atoms with Crippen molar-refractivity contribution < 1.29 is 14.3 Å². The maximum absolute atomic E-state index is 12.4. The van der Waals surface area contributed by atoms with E-state index in [-0.39, 0.29) is 17.7 Å². The lowest BCUT2D eigenvalue weighted by Crippen LogP contribution is -2.36. The van der Waals surface area contributed by atoms with Crippen LogP contribution in [-0.4, -0.2) is 44.0 Å². The molecule has 1 unspecified atom stereocenters. The van der Waals surface area contributed by atoms with Crippen molar-refractivity contribution in [3.05, 3.63) is 23.8 Å². The highest BCUT2D eigenvalue weighted by Crippen LogP contribution is 2.28. The molecule has 3 N–H and O–H groups in total. The van der Waals surface area contributed by atoms with E-state index in [4.69, 9.17) is 4.74 Å². The van der Waals surface area contributed by atoms with Gasteiger partial charge in [0.2, 0.25) is 5.91 Å². The molecule has 1 atom stereocenters. The predicted molar refractivity (Wildman–Crippen MR) is 85.5 cm³/mol. The van der Waals surface area contributed by atoms with E-state index in [9.17, 15) is 9.59 Å². The molecule has 0 bridgehead atoms. The zero-order valence-electron chi connectivity index (χ0n) is 13.1. The van der Waals surface area contributed by atoms with Crippen molar-refractivity contribution in [2.75, 3.05) is 31.6 Å². The summed E-state index contributed by atoms with van der Waals surface area (Å²) in [6, 6.07) is 5.20. The monoisotopic (exact) mass is 305 g/mol. The first kappa shape index (κ1) is 16.3. The van der Waals surface area contributed by atoms with Crippen LogP contribution in [-0.2, 0) is 4.79 Å². The van der Waals surface area contributed by atoms with Gasteiger partial charge in [-0.05, 0) is 38.1 Å². The summed E-state index contributed by atoms with van der Waals surface area (Å²) in [5.74, 6) is 0.807. The van der Waals surface area contributed by atoms with Crippen LogP contribution in [0.3, 0.4) is 0 Å². The van der Waals surface area contributed by atoms with Gasteiger partial charge in [0.05, 0.1) is 11.7 Å². The molecule has 120 valence electrons. The quantitative estimate of drug-likeness (QED) is 0.521. The number of carbonyl (C=O) groups excluding carboxylic acids is 2. The number of carbonyl (C=O) groups is 2. The molecule has 2 rings (SSSR count). The highest BCUT2D eigenvalue weighted by atomic mass is 16.5. The molecule has 0 radical (unpaired) electrons. The Morgan fingerprint density at radius 2 is 2.18 bits per heavy atom. The highest BCUT2D eigenvalue weighted by Gasteiger charge is 2.17. The smallest absolute Gasteiger partial charge is 0.216 e. The molecule has 0 spiro atoms. The Bertz CT molecular complexity index is 545. The number of rotatable bonds is 7. The first-order valence-electron chi connectivity index (χ1n) is 7.60. The van der Waals surface area contributed by atoms with Crippen LogP contribution < -0.4 is 20.7 Å². The predicted octanol–water partition coefficient (Wildman–Crippen LogP) is 1.18. The van der Waals surface area contributed by atoms with Crippen LogP contribution >= 0.6 is 0 Å². The minimum Gasteiger partial charge on any atom is -0.490 e. The Labute approximate surface area is 130 Å². The Balaban J connectivity index is 1.84. The van der Waals surface area contributed by atoms with Gasteiger partial charge in [-0.2, -0.15) is 0 Å². The number of benzene rings is 1. The number of anilines is 1. The third kappa shape index (κ3) is 4.46. The SMILES string of the molecule is CC(=O)NCCCNC(C)C(=O)c1ccc2c(c1)NCCO2. The number of hydrogen-bond donors (Lipinski definition) is 3. The maximum Gasteiger partial charge on any atom is 0.216 e. The molecule has 6 nitrogen and oxygen atoms in total. The normalized spacial score (nSPS) is 14.3. The number of ether oxygens (including phenoxy) is 1. The molecule has 1 heterocycles. The summed E-state index contributed by atoms with van der Waals surface area (Å²) < 4.78 is 5.51. The molecule has 1 aliphatic rings. The van der Waals surface area contributed by atoms with Gasteiger partial charge in [0, 0.05) is 25.6 Å². The molecule has 1 aromatic carbocycles. The van der Waals surface area contributed by atoms with Crippen molar-refractivity contribution in [1.29, 1.82) is 0 Å². The molecule has 1 amide bonds. The summed E-state index contributed by atoms with van der Waals surface area (Å²) in [6.45, 7) is 6.04. The third-order valence-corrected chi connectivity index (χ3v) is 3.51. The first-order valence-corrected chi connectivity index (χ1v) is 7.60. The summed E-state index contributed by atoms with van der Waals surface area (Å²) in [7, 11) is 0. The summed E-state index contributed by atoms with van der Waals surface area (Å²) in [5, 5.41) is 9.14. The largest absolute Gasteiger partial charge is 0.490 e. The van der Waals surface area contributed by atoms with Crippen LogP contribution in [0.15, 0.2) is 18.2 Å². The maximum atomic E-state index is 12.4. The fourth-order valence-electron chi connectivity index (χ4n) is 2.31. The number of amides is 1. The van der Waals surface area contributed by atoms with Crippen molar-refractivity contribution in [2.24, 2.45) is 0 Å². The third-order valence-electron chi connectivity index (χ3n) is 3.51. The molecule has 6 heteroatoms. The lowest BCUT2D eigenvalue weighted by atomic mass is 10.0. The fourth-order valence-corrected chi connectivity index (χ4v) is 2.31. The number of hydrogen-bond acceptors (Lipinski definition) is 5. The number of ketones is 1. The van der Waals surface area contributed by atoms with Gasteiger partial charge in [-0.25, -0.2) is 0 Å². The number of nitrogens with one attached hydrogen (secondary N) is 3. The molecule has 1 aliphatic heterocycles. The van der Waals surface area contributed by atoms with Gasteiger partial charge >= 0.3 is 0 Å². The minimum absolute atomic E-state index is 0.0343. The van der Waals surface area contributed by atoms with Crippen molar-refractivity contribution in [1.82, 2.24) is 10.6 Å². The van der Waals surface area contributed by atoms with Gasteiger partial charge < -0.3 is 20.7 Å². The fraction of sp³-hybridized carbons (Fsp3) is 0.500. The molecule has 0 saturated carbocycles. The van der Waals surface area contributed by atoms with Gasteiger partial charge in [-0.3, -0.25) is 9.59 Å². The van der Waals surface area contributed by atoms with Crippen LogP contribution in [0.25, 0.3) is 0 Å². The summed E-state index contributed by atoms with van der Waals surface area (Å²) in [4.78, 5) is 23.2. The van der Waals surface area contributed by atoms with Crippen LogP contribution in [0.5, 0.6) is 5.75 Å². The Kier molecular flexibility index (Phi) is 5.77. The lowest BCUT2D eigenvalue weighted by Gasteiger charge is -2.20. The molecule has 0 fully saturated rings. The molecular formula is C16H23N3O3. The van der Waals surface area contributed by atoms with E-state index >= 15 is 0 Å². The second kappa shape index (κ2) is 7.79. The molecule has 0 aromatic heterocycles. The molecule has 0 saturated heterocycles. The lowest BCUT2D eigenvalue weighted by molar-refractivity contribution is -0.118. The van der Waals surface area contributed by atoms with Gasteiger partial charge in [-0.15, -0.1) is 0 Å². The Morgan fingerprint density at radius 1 is 1.36 bits per heavy atom. The number of Topliss-reactive ketones (excluding diaryl/α,β-unsaturated/α-hetero) is 1. The van der Waals surface area contributed by atoms with Crippen LogP contribution in [0.2, 0.25) is 0 Å². The van der Waals surface area contributed by atoms with Crippen LogP contribution in [0.4, 0.5) is 5.69 Å². The van der Waals surface area contributed by atoms with E-state index in [1.807, 2.05) is 19.1 Å². The molecule has 0 aliphatic carbocycles. The van der Waals surface area contributed by atoms with E-state index < -0.39 is 0 Å². The van der Waals surface area contributed by atoms with Crippen LogP contribution in [0.1, 0.15) is 30.6 Å². The highest BCUT2D eigenvalue weighted by molar-refractivity contribution is 6.01. The minimum atomic E-state index is -0.264. The summed E-state index contributed by atoms with van der Waals surface area (Å²) in [6.07, 6.45) is 0.788. The Hall–Kier alpha value is -2.08. The topological polar surface area (TPSA) is 79.5 Å². The van der Waals surface area contributed by atoms with Gasteiger partial charge in [0.1, 0.15) is 12.4 Å². The second-order valence-electron chi connectivity index (χ2n) is 5.36. The van der Waals surface area contributed by atoms with Gasteiger partial charge in [-0.1, -0.05) is 0 Å². The zero-order chi connectivity index (χ0) is 15.9. The van der Waals surface area contributed by atoms with E-state index in [1.54, 1.807) is 6.07 Å². The molecule has 1 aromatic rings. The van der Waals surface area contributed by atoms with Crippen molar-refractivity contribution >= 4 is 17.4 Å². The first-order chi connectivity index (χ1) is 10.6. The average molecular weight is 305 g/mol. The second-order valence-corrected chi connectivity index (χ2v) is 5.36. The van der Waals surface area contributed by atoms with E-state index in [2.05, 4.69) is 16.0 Å². The van der Waals surface area contributed by atoms with E-state index in [1.165, 1.54) is 6.92 Å². The molecule has 22 heavy (non-hydrogen) atoms. The van der Waals surface area contributed by atoms with E-state index in [0.29, 0.717) is 25.3 Å². The average Bonchev–Trinajstić information content (AvgIpc) is 2.52. The molecular weight excluding hydrogens is 282 g/mol. The number of fused-ring (bicyclic) bond motifs is 1. The van der Waals surface area contributed by atoms with Crippen molar-refractivity contribution in [3.63, 3.8) is 0 Å². The summed E-state index contributed by atoms with van der Waals surface area (Å²) >= 11 is 0. The van der Waals surface area contributed by atoms with Gasteiger partial charge in [0.15, 0.2) is 5.78 Å². The Morgan fingerprint density at radius 3 is 2.95 bits per heavy atom. The van der Waals surface area contributed by atoms with Crippen molar-refractivity contribution in [2.45, 2.75) is 26.3 Å². The zero-order valence-corrected chi connectivity index (χ0v) is 13.1. The van der Waals surface area contributed by atoms with E-state index in [0.717, 1.165) is 24.4 Å². The van der Waals surface area contributed by atoms with Crippen molar-refractivity contribution in [3.8, 4) is 5.75 Å². The van der Waals surface area contributed by atoms with Crippen LogP contribution in [0, 0.1) is 0 Å². The standard InChI is InChI=1S/C16H23N3O3/c1-11(17-6-3-7-18-12(2)20)16(21)13-4-5-15-14(10-13)19-8-9-22-15/h4-5,10-11,17,19H,3,6-9H2,1-2H3,(H,18,20).